The molecule has 0 radical (unpaired) electrons. The van der Waals surface area contributed by atoms with Gasteiger partial charge in [-0.15, -0.1) is 0 Å². The number of hydrogen-bond acceptors (Lipinski definition) is 3. The van der Waals surface area contributed by atoms with Crippen molar-refractivity contribution in [3.8, 4) is 11.4 Å². The third-order valence-electron chi connectivity index (χ3n) is 3.67. The smallest absolute Gasteiger partial charge is 0.123 e. The van der Waals surface area contributed by atoms with Crippen molar-refractivity contribution < 1.29 is 4.74 Å². The summed E-state index contributed by atoms with van der Waals surface area (Å²) >= 11 is 0. The molecule has 0 aliphatic rings. The van der Waals surface area contributed by atoms with Gasteiger partial charge in [0.1, 0.15) is 12.1 Å². The van der Waals surface area contributed by atoms with E-state index in [2.05, 4.69) is 31.0 Å². The number of fused-ring (bicyclic) bond motifs is 1. The summed E-state index contributed by atoms with van der Waals surface area (Å²) < 4.78 is 7.61. The summed E-state index contributed by atoms with van der Waals surface area (Å²) in [4.78, 5) is 4.48. The second-order valence-electron chi connectivity index (χ2n) is 5.23. The maximum absolute atomic E-state index is 5.98. The minimum Gasteiger partial charge on any atom is -0.494 e. The third-order valence-corrected chi connectivity index (χ3v) is 3.67. The van der Waals surface area contributed by atoms with Crippen LogP contribution in [0.25, 0.3) is 16.7 Å². The zero-order valence-corrected chi connectivity index (χ0v) is 12.6. The average Bonchev–Trinajstić information content (AvgIpc) is 2.82. The highest BCUT2D eigenvalue weighted by Crippen LogP contribution is 2.26. The Labute approximate surface area is 124 Å². The molecule has 0 fully saturated rings. The third kappa shape index (κ3) is 2.44. The maximum atomic E-state index is 5.98. The fourth-order valence-corrected chi connectivity index (χ4v) is 2.46. The SMILES string of the molecule is CCOc1cc(N)cc(-n2cnc3cc(C)c(C)cc32)c1. The van der Waals surface area contributed by atoms with E-state index < -0.39 is 0 Å². The lowest BCUT2D eigenvalue weighted by Crippen LogP contribution is -1.98. The van der Waals surface area contributed by atoms with Crippen LogP contribution in [0.15, 0.2) is 36.7 Å². The lowest BCUT2D eigenvalue weighted by molar-refractivity contribution is 0.340. The molecule has 1 aromatic heterocycles. The topological polar surface area (TPSA) is 53.1 Å². The number of ether oxygens (including phenoxy) is 1. The first-order valence-electron chi connectivity index (χ1n) is 7.06. The Kier molecular flexibility index (Phi) is 3.29. The Hall–Kier alpha value is -2.49. The molecular formula is C17H19N3O. The zero-order valence-electron chi connectivity index (χ0n) is 12.6. The van der Waals surface area contributed by atoms with Crippen molar-refractivity contribution in [2.75, 3.05) is 12.3 Å². The molecule has 0 unspecified atom stereocenters. The summed E-state index contributed by atoms with van der Waals surface area (Å²) in [5, 5.41) is 0. The van der Waals surface area contributed by atoms with Crippen molar-refractivity contribution in [1.82, 2.24) is 9.55 Å². The highest BCUT2D eigenvalue weighted by atomic mass is 16.5. The Morgan fingerprint density at radius 1 is 1.10 bits per heavy atom. The highest BCUT2D eigenvalue weighted by Gasteiger charge is 2.08. The number of aromatic nitrogens is 2. The Morgan fingerprint density at radius 2 is 1.86 bits per heavy atom. The van der Waals surface area contributed by atoms with E-state index in [0.717, 1.165) is 22.5 Å². The molecule has 4 nitrogen and oxygen atoms in total. The molecule has 1 heterocycles. The van der Waals surface area contributed by atoms with Gasteiger partial charge in [0.2, 0.25) is 0 Å². The number of anilines is 1. The predicted octanol–water partition coefficient (Wildman–Crippen LogP) is 3.62. The normalized spacial score (nSPS) is 11.0. The Bertz CT molecular complexity index is 805. The fraction of sp³-hybridized carbons (Fsp3) is 0.235. The van der Waals surface area contributed by atoms with Crippen LogP contribution in [-0.2, 0) is 0 Å². The highest BCUT2D eigenvalue weighted by molar-refractivity contribution is 5.79. The lowest BCUT2D eigenvalue weighted by Gasteiger charge is -2.10. The van der Waals surface area contributed by atoms with Gasteiger partial charge in [-0.2, -0.15) is 0 Å². The quantitative estimate of drug-likeness (QED) is 0.746. The van der Waals surface area contributed by atoms with Crippen molar-refractivity contribution in [1.29, 1.82) is 0 Å². The molecule has 0 saturated carbocycles. The van der Waals surface area contributed by atoms with Gasteiger partial charge >= 0.3 is 0 Å². The van der Waals surface area contributed by atoms with Crippen LogP contribution in [0.1, 0.15) is 18.1 Å². The molecule has 2 aromatic carbocycles. The first-order chi connectivity index (χ1) is 10.1. The molecule has 3 rings (SSSR count). The van der Waals surface area contributed by atoms with Gasteiger partial charge in [0.15, 0.2) is 0 Å². The van der Waals surface area contributed by atoms with E-state index in [9.17, 15) is 0 Å². The molecular weight excluding hydrogens is 262 g/mol. The van der Waals surface area contributed by atoms with Crippen molar-refractivity contribution in [2.45, 2.75) is 20.8 Å². The lowest BCUT2D eigenvalue weighted by atomic mass is 10.1. The average molecular weight is 281 g/mol. The summed E-state index contributed by atoms with van der Waals surface area (Å²) in [5.74, 6) is 0.776. The molecule has 21 heavy (non-hydrogen) atoms. The van der Waals surface area contributed by atoms with E-state index in [4.69, 9.17) is 10.5 Å². The van der Waals surface area contributed by atoms with Gasteiger partial charge in [0.05, 0.1) is 23.3 Å². The molecule has 0 amide bonds. The van der Waals surface area contributed by atoms with E-state index in [1.54, 1.807) is 0 Å². The molecule has 0 bridgehead atoms. The van der Waals surface area contributed by atoms with Gasteiger partial charge in [0, 0.05) is 17.8 Å². The van der Waals surface area contributed by atoms with Crippen LogP contribution in [0.5, 0.6) is 5.75 Å². The summed E-state index contributed by atoms with van der Waals surface area (Å²) in [7, 11) is 0. The Balaban J connectivity index is 2.18. The van der Waals surface area contributed by atoms with Crippen molar-refractivity contribution in [3.63, 3.8) is 0 Å². The van der Waals surface area contributed by atoms with Crippen LogP contribution in [0.2, 0.25) is 0 Å². The number of nitrogens with two attached hydrogens (primary N) is 1. The Morgan fingerprint density at radius 3 is 2.62 bits per heavy atom. The number of nitrogens with zero attached hydrogens (tertiary/aromatic N) is 2. The van der Waals surface area contributed by atoms with Crippen LogP contribution in [0.4, 0.5) is 5.69 Å². The summed E-state index contributed by atoms with van der Waals surface area (Å²) in [6.07, 6.45) is 1.83. The van der Waals surface area contributed by atoms with Crippen molar-refractivity contribution in [3.05, 3.63) is 47.8 Å². The van der Waals surface area contributed by atoms with Crippen molar-refractivity contribution in [2.24, 2.45) is 0 Å². The van der Waals surface area contributed by atoms with E-state index >= 15 is 0 Å². The molecule has 0 atom stereocenters. The van der Waals surface area contributed by atoms with E-state index in [-0.39, 0.29) is 0 Å². The second kappa shape index (κ2) is 5.13. The summed E-state index contributed by atoms with van der Waals surface area (Å²) in [6, 6.07) is 10.0. The standard InChI is InChI=1S/C17H19N3O/c1-4-21-15-8-13(18)7-14(9-15)20-10-19-16-5-11(2)12(3)6-17(16)20/h5-10H,4,18H2,1-3H3. The van der Waals surface area contributed by atoms with Crippen LogP contribution in [0.3, 0.4) is 0 Å². The molecule has 0 spiro atoms. The molecule has 0 aliphatic heterocycles. The molecule has 0 aliphatic carbocycles. The summed E-state index contributed by atoms with van der Waals surface area (Å²) in [5.41, 5.74) is 12.2. The van der Waals surface area contributed by atoms with Gasteiger partial charge in [-0.25, -0.2) is 4.98 Å². The van der Waals surface area contributed by atoms with Crippen LogP contribution in [0, 0.1) is 13.8 Å². The minimum absolute atomic E-state index is 0.617. The molecule has 4 heteroatoms. The number of aryl methyl sites for hydroxylation is 2. The van der Waals surface area contributed by atoms with E-state index in [0.29, 0.717) is 12.3 Å². The van der Waals surface area contributed by atoms with E-state index in [1.807, 2.05) is 36.0 Å². The monoisotopic (exact) mass is 281 g/mol. The second-order valence-corrected chi connectivity index (χ2v) is 5.23. The van der Waals surface area contributed by atoms with E-state index in [1.165, 1.54) is 11.1 Å². The van der Waals surface area contributed by atoms with Gasteiger partial charge in [-0.1, -0.05) is 0 Å². The molecule has 2 N–H and O–H groups in total. The number of imidazole rings is 1. The van der Waals surface area contributed by atoms with Gasteiger partial charge in [0.25, 0.3) is 0 Å². The largest absolute Gasteiger partial charge is 0.494 e. The fourth-order valence-electron chi connectivity index (χ4n) is 2.46. The van der Waals surface area contributed by atoms with Crippen molar-refractivity contribution >= 4 is 16.7 Å². The number of rotatable bonds is 3. The summed E-state index contributed by atoms with van der Waals surface area (Å²) in [6.45, 7) is 6.78. The van der Waals surface area contributed by atoms with Gasteiger partial charge in [-0.05, 0) is 50.1 Å². The first kappa shape index (κ1) is 13.5. The van der Waals surface area contributed by atoms with Crippen LogP contribution >= 0.6 is 0 Å². The zero-order chi connectivity index (χ0) is 15.0. The maximum Gasteiger partial charge on any atom is 0.123 e. The molecule has 3 aromatic rings. The van der Waals surface area contributed by atoms with Gasteiger partial charge < -0.3 is 10.5 Å². The van der Waals surface area contributed by atoms with Gasteiger partial charge in [-0.3, -0.25) is 4.57 Å². The van der Waals surface area contributed by atoms with Crippen LogP contribution < -0.4 is 10.5 Å². The minimum atomic E-state index is 0.617. The number of benzene rings is 2. The predicted molar refractivity (Wildman–Crippen MR) is 86.1 cm³/mol. The first-order valence-corrected chi connectivity index (χ1v) is 7.06. The van der Waals surface area contributed by atoms with Crippen LogP contribution in [-0.4, -0.2) is 16.2 Å². The molecule has 0 saturated heterocycles. The number of hydrogen-bond donors (Lipinski definition) is 1. The molecule has 108 valence electrons. The number of nitrogen functional groups attached to an aromatic ring is 1.